The first-order valence-electron chi connectivity index (χ1n) is 7.24. The first-order chi connectivity index (χ1) is 10.6. The monoisotopic (exact) mass is 325 g/mol. The number of urea groups is 1. The van der Waals surface area contributed by atoms with Crippen molar-refractivity contribution in [3.05, 3.63) is 22.5 Å². The second-order valence-corrected chi connectivity index (χ2v) is 5.76. The van der Waals surface area contributed by atoms with Gasteiger partial charge in [0.25, 0.3) is 5.91 Å². The van der Waals surface area contributed by atoms with Crippen molar-refractivity contribution < 1.29 is 24.2 Å². The molecule has 0 aromatic carbocycles. The Labute approximate surface area is 134 Å². The predicted molar refractivity (Wildman–Crippen MR) is 82.7 cm³/mol. The van der Waals surface area contributed by atoms with E-state index in [9.17, 15) is 19.5 Å². The molecule has 0 fully saturated rings. The molecule has 2 atom stereocenters. The van der Waals surface area contributed by atoms with Crippen molar-refractivity contribution in [3.63, 3.8) is 0 Å². The van der Waals surface area contributed by atoms with Crippen molar-refractivity contribution in [1.29, 1.82) is 0 Å². The fourth-order valence-corrected chi connectivity index (χ4v) is 2.45. The van der Waals surface area contributed by atoms with Gasteiger partial charge in [0, 0.05) is 11.3 Å². The average molecular weight is 325 g/mol. The highest BCUT2D eigenvalue weighted by Gasteiger charge is 2.30. The van der Waals surface area contributed by atoms with Crippen LogP contribution in [-0.2, 0) is 9.53 Å². The number of nitrogens with two attached hydrogens (primary N) is 1. The Balaban J connectivity index is 3.03. The number of rotatable bonds is 5. The molecule has 1 heterocycles. The molecule has 1 aromatic rings. The number of carbonyl (C=O) groups excluding carboxylic acids is 3. The lowest BCUT2D eigenvalue weighted by Gasteiger charge is -2.19. The second kappa shape index (κ2) is 7.28. The van der Waals surface area contributed by atoms with Gasteiger partial charge in [0.05, 0.1) is 6.10 Å². The number of aliphatic hydroxyl groups excluding tert-OH is 1. The van der Waals surface area contributed by atoms with Crippen LogP contribution in [0, 0.1) is 19.8 Å². The third-order valence-electron chi connectivity index (χ3n) is 3.46. The molecule has 0 saturated carbocycles. The highest BCUT2D eigenvalue weighted by molar-refractivity contribution is 5.98. The summed E-state index contributed by atoms with van der Waals surface area (Å²) in [6, 6.07) is -1.01. The van der Waals surface area contributed by atoms with Gasteiger partial charge < -0.3 is 20.6 Å². The van der Waals surface area contributed by atoms with Gasteiger partial charge in [-0.1, -0.05) is 13.8 Å². The number of H-pyrrole nitrogens is 1. The summed E-state index contributed by atoms with van der Waals surface area (Å²) in [5, 5.41) is 11.7. The number of hydrogen-bond acceptors (Lipinski definition) is 5. The number of primary amides is 1. The summed E-state index contributed by atoms with van der Waals surface area (Å²) in [6.45, 7) is 8.34. The molecule has 1 rings (SSSR count). The summed E-state index contributed by atoms with van der Waals surface area (Å²) in [7, 11) is 0. The van der Waals surface area contributed by atoms with Crippen molar-refractivity contribution in [3.8, 4) is 0 Å². The second-order valence-electron chi connectivity index (χ2n) is 5.76. The summed E-state index contributed by atoms with van der Waals surface area (Å²) < 4.78 is 5.22. The number of amides is 3. The largest absolute Gasteiger partial charge is 0.447 e. The number of imide groups is 1. The van der Waals surface area contributed by atoms with Crippen LogP contribution >= 0.6 is 0 Å². The van der Waals surface area contributed by atoms with E-state index in [2.05, 4.69) is 4.98 Å². The average Bonchev–Trinajstić information content (AvgIpc) is 2.69. The third-order valence-corrected chi connectivity index (χ3v) is 3.46. The van der Waals surface area contributed by atoms with Crippen LogP contribution in [0.4, 0.5) is 4.79 Å². The van der Waals surface area contributed by atoms with Crippen LogP contribution in [0.15, 0.2) is 0 Å². The smallest absolute Gasteiger partial charge is 0.355 e. The Morgan fingerprint density at radius 1 is 1.22 bits per heavy atom. The Bertz CT molecular complexity index is 619. The van der Waals surface area contributed by atoms with Gasteiger partial charge in [0.1, 0.15) is 5.69 Å². The minimum Gasteiger partial charge on any atom is -0.447 e. The Morgan fingerprint density at radius 2 is 1.78 bits per heavy atom. The minimum atomic E-state index is -1.16. The van der Waals surface area contributed by atoms with Gasteiger partial charge >= 0.3 is 12.0 Å². The van der Waals surface area contributed by atoms with Crippen LogP contribution in [0.25, 0.3) is 0 Å². The number of hydrogen-bond donors (Lipinski definition) is 4. The fourth-order valence-electron chi connectivity index (χ4n) is 2.45. The molecule has 0 bridgehead atoms. The van der Waals surface area contributed by atoms with E-state index in [1.54, 1.807) is 34.6 Å². The van der Waals surface area contributed by atoms with E-state index in [0.29, 0.717) is 16.8 Å². The molecular formula is C15H23N3O5. The lowest BCUT2D eigenvalue weighted by Crippen LogP contribution is -2.45. The molecule has 8 nitrogen and oxygen atoms in total. The summed E-state index contributed by atoms with van der Waals surface area (Å²) in [5.41, 5.74) is 6.88. The molecule has 8 heteroatoms. The molecule has 128 valence electrons. The topological polar surface area (TPSA) is 135 Å². The molecule has 0 spiro atoms. The lowest BCUT2D eigenvalue weighted by atomic mass is 10.1. The van der Waals surface area contributed by atoms with Crippen molar-refractivity contribution >= 4 is 17.9 Å². The lowest BCUT2D eigenvalue weighted by molar-refractivity contribution is -0.130. The Morgan fingerprint density at radius 3 is 2.17 bits per heavy atom. The molecule has 0 aliphatic carbocycles. The molecule has 1 aromatic heterocycles. The van der Waals surface area contributed by atoms with E-state index in [1.165, 1.54) is 0 Å². The molecular weight excluding hydrogens is 302 g/mol. The minimum absolute atomic E-state index is 0.163. The maximum atomic E-state index is 12.3. The number of aryl methyl sites for hydroxylation is 1. The van der Waals surface area contributed by atoms with Crippen LogP contribution in [-0.4, -0.2) is 34.1 Å². The fraction of sp³-hybridized carbons (Fsp3) is 0.533. The molecule has 23 heavy (non-hydrogen) atoms. The van der Waals surface area contributed by atoms with Gasteiger partial charge in [-0.15, -0.1) is 0 Å². The predicted octanol–water partition coefficient (Wildman–Crippen LogP) is 1.06. The van der Waals surface area contributed by atoms with E-state index in [0.717, 1.165) is 0 Å². The van der Waals surface area contributed by atoms with Crippen LogP contribution in [0.5, 0.6) is 0 Å². The van der Waals surface area contributed by atoms with Crippen LogP contribution in [0.3, 0.4) is 0 Å². The first kappa shape index (κ1) is 18.7. The van der Waals surface area contributed by atoms with Gasteiger partial charge in [-0.3, -0.25) is 10.1 Å². The number of nitrogens with one attached hydrogen (secondary N) is 2. The quantitative estimate of drug-likeness (QED) is 0.600. The van der Waals surface area contributed by atoms with Gasteiger partial charge in [0.15, 0.2) is 6.10 Å². The van der Waals surface area contributed by atoms with Crippen LogP contribution in [0.2, 0.25) is 0 Å². The Hall–Kier alpha value is -2.35. The SMILES string of the molecule is Cc1[nH]c(C(=O)O[C@H](C(=O)NC(N)=O)C(C)C)c(C)c1[C@H](C)O. The van der Waals surface area contributed by atoms with E-state index in [-0.39, 0.29) is 11.6 Å². The molecule has 0 aliphatic heterocycles. The number of ether oxygens (including phenoxy) is 1. The number of aromatic nitrogens is 1. The summed E-state index contributed by atoms with van der Waals surface area (Å²) in [5.74, 6) is -1.88. The van der Waals surface area contributed by atoms with E-state index in [4.69, 9.17) is 10.5 Å². The molecule has 0 aliphatic rings. The van der Waals surface area contributed by atoms with Crippen molar-refractivity contribution in [2.75, 3.05) is 0 Å². The standard InChI is InChI=1S/C15H23N3O5/c1-6(2)12(13(20)18-15(16)22)23-14(21)11-7(3)10(9(5)19)8(4)17-11/h6,9,12,17,19H,1-5H3,(H3,16,18,20,22)/t9-,12-/m0/s1. The van der Waals surface area contributed by atoms with E-state index >= 15 is 0 Å². The number of carbonyl (C=O) groups is 3. The van der Waals surface area contributed by atoms with Crippen molar-refractivity contribution in [1.82, 2.24) is 10.3 Å². The third kappa shape index (κ3) is 4.32. The normalized spacial score (nSPS) is 13.5. The zero-order valence-electron chi connectivity index (χ0n) is 13.9. The van der Waals surface area contributed by atoms with Gasteiger partial charge in [-0.2, -0.15) is 0 Å². The number of esters is 1. The van der Waals surface area contributed by atoms with Gasteiger partial charge in [-0.05, 0) is 32.3 Å². The molecule has 0 saturated heterocycles. The summed E-state index contributed by atoms with van der Waals surface area (Å²) >= 11 is 0. The molecule has 5 N–H and O–H groups in total. The van der Waals surface area contributed by atoms with Gasteiger partial charge in [0.2, 0.25) is 0 Å². The Kier molecular flexibility index (Phi) is 5.91. The van der Waals surface area contributed by atoms with Gasteiger partial charge in [-0.25, -0.2) is 9.59 Å². The van der Waals surface area contributed by atoms with Crippen molar-refractivity contribution in [2.45, 2.75) is 46.8 Å². The summed E-state index contributed by atoms with van der Waals surface area (Å²) in [4.78, 5) is 37.9. The number of aliphatic hydroxyl groups is 1. The van der Waals surface area contributed by atoms with Crippen molar-refractivity contribution in [2.24, 2.45) is 11.7 Å². The number of aromatic amines is 1. The molecule has 3 amide bonds. The first-order valence-corrected chi connectivity index (χ1v) is 7.24. The van der Waals surface area contributed by atoms with Crippen LogP contribution < -0.4 is 11.1 Å². The summed E-state index contributed by atoms with van der Waals surface area (Å²) in [6.07, 6.45) is -1.90. The highest BCUT2D eigenvalue weighted by Crippen LogP contribution is 2.25. The maximum absolute atomic E-state index is 12.3. The van der Waals surface area contributed by atoms with E-state index in [1.807, 2.05) is 5.32 Å². The zero-order chi connectivity index (χ0) is 17.9. The molecule has 0 unspecified atom stereocenters. The molecule has 0 radical (unpaired) electrons. The zero-order valence-corrected chi connectivity index (χ0v) is 13.9. The highest BCUT2D eigenvalue weighted by atomic mass is 16.5. The van der Waals surface area contributed by atoms with Crippen LogP contribution in [0.1, 0.15) is 54.2 Å². The van der Waals surface area contributed by atoms with E-state index < -0.39 is 30.1 Å². The maximum Gasteiger partial charge on any atom is 0.355 e.